The van der Waals surface area contributed by atoms with Crippen molar-refractivity contribution in [2.45, 2.75) is 19.9 Å². The lowest BCUT2D eigenvalue weighted by Gasteiger charge is -2.11. The quantitative estimate of drug-likeness (QED) is 0.750. The molecule has 0 aliphatic carbocycles. The second-order valence-corrected chi connectivity index (χ2v) is 3.89. The van der Waals surface area contributed by atoms with Crippen molar-refractivity contribution in [1.29, 1.82) is 0 Å². The van der Waals surface area contributed by atoms with Crippen LogP contribution in [0.1, 0.15) is 36.1 Å². The standard InChI is InChI=1S/C11H12N4O3/c1-6(9-12-3-4-13-9)15-10(17)8(7(2)16)5-14-11(15)18/h3-6H,1-2H3,(H,12,13)(H,14,18). The molecular formula is C11H12N4O3. The molecule has 2 rings (SSSR count). The van der Waals surface area contributed by atoms with Crippen LogP contribution in [0.5, 0.6) is 0 Å². The molecule has 0 bridgehead atoms. The first-order valence-corrected chi connectivity index (χ1v) is 5.36. The molecule has 2 N–H and O–H groups in total. The maximum Gasteiger partial charge on any atom is 0.329 e. The van der Waals surface area contributed by atoms with E-state index in [1.54, 1.807) is 13.1 Å². The van der Waals surface area contributed by atoms with E-state index in [1.165, 1.54) is 13.1 Å². The number of hydrogen-bond acceptors (Lipinski definition) is 4. The van der Waals surface area contributed by atoms with E-state index in [0.29, 0.717) is 5.82 Å². The molecule has 0 spiro atoms. The summed E-state index contributed by atoms with van der Waals surface area (Å²) in [7, 11) is 0. The lowest BCUT2D eigenvalue weighted by molar-refractivity contribution is 0.101. The Morgan fingerprint density at radius 1 is 1.39 bits per heavy atom. The van der Waals surface area contributed by atoms with Crippen LogP contribution >= 0.6 is 0 Å². The summed E-state index contributed by atoms with van der Waals surface area (Å²) in [5, 5.41) is 0. The van der Waals surface area contributed by atoms with Crippen LogP contribution in [-0.4, -0.2) is 25.3 Å². The summed E-state index contributed by atoms with van der Waals surface area (Å²) in [4.78, 5) is 44.2. The minimum absolute atomic E-state index is 0.0481. The average Bonchev–Trinajstić information content (AvgIpc) is 2.81. The predicted molar refractivity (Wildman–Crippen MR) is 63.7 cm³/mol. The van der Waals surface area contributed by atoms with Crippen LogP contribution in [0.2, 0.25) is 0 Å². The van der Waals surface area contributed by atoms with Gasteiger partial charge in [0.05, 0.1) is 11.6 Å². The minimum Gasteiger partial charge on any atom is -0.347 e. The van der Waals surface area contributed by atoms with Gasteiger partial charge in [-0.15, -0.1) is 0 Å². The van der Waals surface area contributed by atoms with Gasteiger partial charge in [0, 0.05) is 18.6 Å². The number of carbonyl (C=O) groups excluding carboxylic acids is 1. The van der Waals surface area contributed by atoms with Crippen LogP contribution < -0.4 is 11.2 Å². The highest BCUT2D eigenvalue weighted by molar-refractivity contribution is 5.93. The third-order valence-corrected chi connectivity index (χ3v) is 2.69. The van der Waals surface area contributed by atoms with Gasteiger partial charge in [-0.25, -0.2) is 14.3 Å². The molecule has 2 heterocycles. The van der Waals surface area contributed by atoms with E-state index < -0.39 is 23.1 Å². The SMILES string of the molecule is CC(=O)c1c[nH]c(=O)n(C(C)c2ncc[nH]2)c1=O. The number of aromatic nitrogens is 4. The summed E-state index contributed by atoms with van der Waals surface area (Å²) in [5.41, 5.74) is -1.24. The number of hydrogen-bond donors (Lipinski definition) is 2. The molecule has 18 heavy (non-hydrogen) atoms. The van der Waals surface area contributed by atoms with Crippen LogP contribution in [0.25, 0.3) is 0 Å². The molecule has 0 radical (unpaired) electrons. The van der Waals surface area contributed by atoms with Crippen molar-refractivity contribution in [3.05, 3.63) is 50.8 Å². The number of nitrogens with one attached hydrogen (secondary N) is 2. The molecule has 1 atom stereocenters. The van der Waals surface area contributed by atoms with Gasteiger partial charge in [0.25, 0.3) is 5.56 Å². The summed E-state index contributed by atoms with van der Waals surface area (Å²) >= 11 is 0. The van der Waals surface area contributed by atoms with Crippen molar-refractivity contribution >= 4 is 5.78 Å². The third kappa shape index (κ3) is 1.90. The Hall–Kier alpha value is -2.44. The summed E-state index contributed by atoms with van der Waals surface area (Å²) in [5.74, 6) is 0.0833. The van der Waals surface area contributed by atoms with Crippen LogP contribution in [0, 0.1) is 0 Å². The smallest absolute Gasteiger partial charge is 0.329 e. The highest BCUT2D eigenvalue weighted by Gasteiger charge is 2.18. The molecule has 0 amide bonds. The molecule has 94 valence electrons. The van der Waals surface area contributed by atoms with Gasteiger partial charge in [-0.1, -0.05) is 0 Å². The van der Waals surface area contributed by atoms with E-state index in [2.05, 4.69) is 15.0 Å². The molecule has 0 saturated heterocycles. The fraction of sp³-hybridized carbons (Fsp3) is 0.273. The first kappa shape index (κ1) is 12.0. The first-order chi connectivity index (χ1) is 8.52. The van der Waals surface area contributed by atoms with Crippen molar-refractivity contribution in [3.8, 4) is 0 Å². The lowest BCUT2D eigenvalue weighted by atomic mass is 10.2. The molecule has 0 fully saturated rings. The molecule has 0 aliphatic heterocycles. The van der Waals surface area contributed by atoms with Crippen molar-refractivity contribution in [3.63, 3.8) is 0 Å². The topological polar surface area (TPSA) is 101 Å². The van der Waals surface area contributed by atoms with Crippen LogP contribution in [0.4, 0.5) is 0 Å². The Morgan fingerprint density at radius 3 is 2.67 bits per heavy atom. The number of Topliss-reactive ketones (excluding diaryl/α,β-unsaturated/α-hetero) is 1. The second-order valence-electron chi connectivity index (χ2n) is 3.89. The van der Waals surface area contributed by atoms with Gasteiger partial charge < -0.3 is 9.97 Å². The molecule has 0 saturated carbocycles. The van der Waals surface area contributed by atoms with E-state index in [1.807, 2.05) is 0 Å². The van der Waals surface area contributed by atoms with Crippen LogP contribution in [0.15, 0.2) is 28.2 Å². The zero-order valence-corrected chi connectivity index (χ0v) is 9.93. The molecule has 0 aliphatic rings. The summed E-state index contributed by atoms with van der Waals surface area (Å²) < 4.78 is 0.968. The average molecular weight is 248 g/mol. The molecule has 1 unspecified atom stereocenters. The van der Waals surface area contributed by atoms with Gasteiger partial charge in [-0.3, -0.25) is 9.59 Å². The fourth-order valence-corrected chi connectivity index (χ4v) is 1.72. The summed E-state index contributed by atoms with van der Waals surface area (Å²) in [6, 6.07) is -0.574. The Bertz CT molecular complexity index is 681. The maximum absolute atomic E-state index is 12.0. The molecule has 7 heteroatoms. The van der Waals surface area contributed by atoms with Gasteiger partial charge >= 0.3 is 5.69 Å². The Labute approximate surface area is 102 Å². The number of rotatable bonds is 3. The summed E-state index contributed by atoms with van der Waals surface area (Å²) in [6.45, 7) is 2.93. The minimum atomic E-state index is -0.616. The van der Waals surface area contributed by atoms with Gasteiger partial charge in [0.15, 0.2) is 5.78 Å². The first-order valence-electron chi connectivity index (χ1n) is 5.36. The Balaban J connectivity index is 2.64. The number of carbonyl (C=O) groups is 1. The molecule has 2 aromatic rings. The number of aromatic amines is 2. The van der Waals surface area contributed by atoms with E-state index in [0.717, 1.165) is 10.8 Å². The normalized spacial score (nSPS) is 12.3. The second kappa shape index (κ2) is 4.44. The fourth-order valence-electron chi connectivity index (χ4n) is 1.72. The molecular weight excluding hydrogens is 236 g/mol. The maximum atomic E-state index is 12.0. The van der Waals surface area contributed by atoms with E-state index in [9.17, 15) is 14.4 Å². The highest BCUT2D eigenvalue weighted by atomic mass is 16.2. The zero-order valence-electron chi connectivity index (χ0n) is 9.93. The molecule has 2 aromatic heterocycles. The number of H-pyrrole nitrogens is 2. The van der Waals surface area contributed by atoms with Gasteiger partial charge in [-0.2, -0.15) is 0 Å². The zero-order chi connectivity index (χ0) is 13.3. The van der Waals surface area contributed by atoms with E-state index in [4.69, 9.17) is 0 Å². The largest absolute Gasteiger partial charge is 0.347 e. The van der Waals surface area contributed by atoms with Crippen LogP contribution in [0.3, 0.4) is 0 Å². The van der Waals surface area contributed by atoms with Crippen LogP contribution in [-0.2, 0) is 0 Å². The van der Waals surface area contributed by atoms with Crippen molar-refractivity contribution in [2.75, 3.05) is 0 Å². The Kier molecular flexibility index (Phi) is 2.97. The monoisotopic (exact) mass is 248 g/mol. The molecule has 0 aromatic carbocycles. The lowest BCUT2D eigenvalue weighted by Crippen LogP contribution is -2.40. The van der Waals surface area contributed by atoms with Crippen molar-refractivity contribution in [1.82, 2.24) is 19.5 Å². The van der Waals surface area contributed by atoms with Crippen molar-refractivity contribution < 1.29 is 4.79 Å². The molecule has 7 nitrogen and oxygen atoms in total. The Morgan fingerprint density at radius 2 is 2.11 bits per heavy atom. The van der Waals surface area contributed by atoms with Gasteiger partial charge in [0.1, 0.15) is 5.82 Å². The highest BCUT2D eigenvalue weighted by Crippen LogP contribution is 2.08. The van der Waals surface area contributed by atoms with E-state index in [-0.39, 0.29) is 5.56 Å². The number of ketones is 1. The number of imidazole rings is 1. The number of nitrogens with zero attached hydrogens (tertiary/aromatic N) is 2. The van der Waals surface area contributed by atoms with Gasteiger partial charge in [-0.05, 0) is 13.8 Å². The predicted octanol–water partition coefficient (Wildman–Crippen LogP) is 0.0716. The van der Waals surface area contributed by atoms with Crippen molar-refractivity contribution in [2.24, 2.45) is 0 Å². The third-order valence-electron chi connectivity index (χ3n) is 2.69. The summed E-state index contributed by atoms with van der Waals surface area (Å²) in [6.07, 6.45) is 4.26. The van der Waals surface area contributed by atoms with Gasteiger partial charge in [0.2, 0.25) is 0 Å². The van der Waals surface area contributed by atoms with E-state index >= 15 is 0 Å².